The van der Waals surface area contributed by atoms with Crippen LogP contribution in [-0.4, -0.2) is 25.5 Å². The molecule has 1 saturated heterocycles. The highest BCUT2D eigenvalue weighted by molar-refractivity contribution is 6.03. The SMILES string of the molecule is COc1cccc(N2C[C@H](C(=O)Nc3ccc(Oc4cccc(C)c4C)cc3)CC2=O)c1. The predicted octanol–water partition coefficient (Wildman–Crippen LogP) is 5.10. The number of amides is 2. The van der Waals surface area contributed by atoms with E-state index in [2.05, 4.69) is 5.32 Å². The third kappa shape index (κ3) is 4.59. The summed E-state index contributed by atoms with van der Waals surface area (Å²) in [5.41, 5.74) is 3.66. The van der Waals surface area contributed by atoms with Gasteiger partial charge in [0.05, 0.1) is 13.0 Å². The smallest absolute Gasteiger partial charge is 0.229 e. The van der Waals surface area contributed by atoms with Gasteiger partial charge in [0.15, 0.2) is 0 Å². The minimum Gasteiger partial charge on any atom is -0.497 e. The summed E-state index contributed by atoms with van der Waals surface area (Å²) in [5, 5.41) is 2.91. The number of anilines is 2. The molecule has 1 aliphatic rings. The molecule has 1 atom stereocenters. The number of rotatable bonds is 6. The largest absolute Gasteiger partial charge is 0.497 e. The second-order valence-electron chi connectivity index (χ2n) is 7.92. The topological polar surface area (TPSA) is 67.9 Å². The summed E-state index contributed by atoms with van der Waals surface area (Å²) in [7, 11) is 1.58. The molecule has 1 fully saturated rings. The average Bonchev–Trinajstić information content (AvgIpc) is 3.20. The lowest BCUT2D eigenvalue weighted by Gasteiger charge is -2.17. The number of hydrogen-bond acceptors (Lipinski definition) is 4. The van der Waals surface area contributed by atoms with E-state index in [9.17, 15) is 9.59 Å². The fourth-order valence-electron chi connectivity index (χ4n) is 3.72. The van der Waals surface area contributed by atoms with E-state index >= 15 is 0 Å². The normalized spacial score (nSPS) is 15.5. The second-order valence-corrected chi connectivity index (χ2v) is 7.92. The molecule has 0 spiro atoms. The molecule has 1 N–H and O–H groups in total. The molecule has 4 rings (SSSR count). The van der Waals surface area contributed by atoms with Gasteiger partial charge in [-0.15, -0.1) is 0 Å². The Morgan fingerprint density at radius 1 is 1.00 bits per heavy atom. The molecular formula is C26H26N2O4. The van der Waals surface area contributed by atoms with Crippen LogP contribution in [0.25, 0.3) is 0 Å². The first-order chi connectivity index (χ1) is 15.4. The molecule has 0 aliphatic carbocycles. The van der Waals surface area contributed by atoms with E-state index in [0.29, 0.717) is 23.7 Å². The maximum atomic E-state index is 12.8. The van der Waals surface area contributed by atoms with Gasteiger partial charge in [-0.1, -0.05) is 18.2 Å². The molecular weight excluding hydrogens is 404 g/mol. The highest BCUT2D eigenvalue weighted by atomic mass is 16.5. The highest BCUT2D eigenvalue weighted by Crippen LogP contribution is 2.30. The van der Waals surface area contributed by atoms with E-state index in [4.69, 9.17) is 9.47 Å². The molecule has 6 nitrogen and oxygen atoms in total. The number of benzene rings is 3. The van der Waals surface area contributed by atoms with E-state index in [-0.39, 0.29) is 18.2 Å². The minimum absolute atomic E-state index is 0.0734. The maximum absolute atomic E-state index is 12.8. The van der Waals surface area contributed by atoms with Gasteiger partial charge < -0.3 is 19.7 Å². The molecule has 0 aromatic heterocycles. The Morgan fingerprint density at radius 3 is 2.50 bits per heavy atom. The minimum atomic E-state index is -0.417. The molecule has 1 heterocycles. The lowest BCUT2D eigenvalue weighted by molar-refractivity contribution is -0.122. The van der Waals surface area contributed by atoms with Crippen molar-refractivity contribution in [2.45, 2.75) is 20.3 Å². The van der Waals surface area contributed by atoms with Crippen molar-refractivity contribution in [2.75, 3.05) is 23.9 Å². The van der Waals surface area contributed by atoms with Crippen LogP contribution in [0.2, 0.25) is 0 Å². The van der Waals surface area contributed by atoms with Crippen molar-refractivity contribution < 1.29 is 19.1 Å². The number of ether oxygens (including phenoxy) is 2. The summed E-state index contributed by atoms with van der Waals surface area (Å²) in [6.45, 7) is 4.41. The third-order valence-corrected chi connectivity index (χ3v) is 5.77. The monoisotopic (exact) mass is 430 g/mol. The summed E-state index contributed by atoms with van der Waals surface area (Å²) in [4.78, 5) is 26.9. The van der Waals surface area contributed by atoms with Crippen molar-refractivity contribution >= 4 is 23.2 Å². The number of methoxy groups -OCH3 is 1. The van der Waals surface area contributed by atoms with Crippen LogP contribution in [0.5, 0.6) is 17.2 Å². The van der Waals surface area contributed by atoms with E-state index < -0.39 is 5.92 Å². The molecule has 0 bridgehead atoms. The summed E-state index contributed by atoms with van der Waals surface area (Å²) < 4.78 is 11.2. The second kappa shape index (κ2) is 9.14. The highest BCUT2D eigenvalue weighted by Gasteiger charge is 2.35. The van der Waals surface area contributed by atoms with Crippen molar-refractivity contribution in [3.05, 3.63) is 77.9 Å². The molecule has 32 heavy (non-hydrogen) atoms. The van der Waals surface area contributed by atoms with E-state index in [1.165, 1.54) is 5.56 Å². The van der Waals surface area contributed by atoms with Gasteiger partial charge in [0.25, 0.3) is 0 Å². The van der Waals surface area contributed by atoms with Crippen LogP contribution >= 0.6 is 0 Å². The zero-order valence-corrected chi connectivity index (χ0v) is 18.4. The van der Waals surface area contributed by atoms with Gasteiger partial charge >= 0.3 is 0 Å². The van der Waals surface area contributed by atoms with Gasteiger partial charge in [-0.2, -0.15) is 0 Å². The number of carbonyl (C=O) groups is 2. The fourth-order valence-corrected chi connectivity index (χ4v) is 3.72. The Morgan fingerprint density at radius 2 is 1.75 bits per heavy atom. The summed E-state index contributed by atoms with van der Waals surface area (Å²) in [6.07, 6.45) is 0.177. The van der Waals surface area contributed by atoms with Crippen molar-refractivity contribution in [3.63, 3.8) is 0 Å². The van der Waals surface area contributed by atoms with Crippen LogP contribution in [0.1, 0.15) is 17.5 Å². The van der Waals surface area contributed by atoms with Gasteiger partial charge in [-0.05, 0) is 67.4 Å². The number of carbonyl (C=O) groups excluding carboxylic acids is 2. The predicted molar refractivity (Wildman–Crippen MR) is 125 cm³/mol. The molecule has 1 aliphatic heterocycles. The Balaban J connectivity index is 1.38. The first-order valence-corrected chi connectivity index (χ1v) is 10.5. The zero-order chi connectivity index (χ0) is 22.7. The Hall–Kier alpha value is -3.80. The zero-order valence-electron chi connectivity index (χ0n) is 18.4. The van der Waals surface area contributed by atoms with Crippen LogP contribution in [0.3, 0.4) is 0 Å². The van der Waals surface area contributed by atoms with Gasteiger partial charge in [0, 0.05) is 30.4 Å². The van der Waals surface area contributed by atoms with Crippen LogP contribution in [-0.2, 0) is 9.59 Å². The number of nitrogens with zero attached hydrogens (tertiary/aromatic N) is 1. The van der Waals surface area contributed by atoms with E-state index in [1.807, 2.05) is 62.4 Å². The molecule has 164 valence electrons. The molecule has 6 heteroatoms. The van der Waals surface area contributed by atoms with Gasteiger partial charge in [0.2, 0.25) is 11.8 Å². The molecule has 0 unspecified atom stereocenters. The maximum Gasteiger partial charge on any atom is 0.229 e. The summed E-state index contributed by atoms with van der Waals surface area (Å²) in [6, 6.07) is 20.5. The third-order valence-electron chi connectivity index (χ3n) is 5.77. The number of hydrogen-bond donors (Lipinski definition) is 1. The summed E-state index contributed by atoms with van der Waals surface area (Å²) >= 11 is 0. The van der Waals surface area contributed by atoms with Gasteiger partial charge in [-0.3, -0.25) is 9.59 Å². The van der Waals surface area contributed by atoms with Crippen LogP contribution in [0.15, 0.2) is 66.7 Å². The van der Waals surface area contributed by atoms with Gasteiger partial charge in [0.1, 0.15) is 17.2 Å². The van der Waals surface area contributed by atoms with E-state index in [0.717, 1.165) is 17.0 Å². The molecule has 0 radical (unpaired) electrons. The Labute approximate surface area is 187 Å². The van der Waals surface area contributed by atoms with Crippen LogP contribution in [0, 0.1) is 19.8 Å². The molecule has 3 aromatic carbocycles. The first kappa shape index (κ1) is 21.4. The molecule has 0 saturated carbocycles. The van der Waals surface area contributed by atoms with Crippen molar-refractivity contribution in [3.8, 4) is 17.2 Å². The van der Waals surface area contributed by atoms with Crippen molar-refractivity contribution in [1.29, 1.82) is 0 Å². The van der Waals surface area contributed by atoms with Crippen molar-refractivity contribution in [1.82, 2.24) is 0 Å². The standard InChI is InChI=1S/C26H26N2O4/c1-17-6-4-9-24(18(17)2)32-22-12-10-20(11-13-22)27-26(30)19-14-25(29)28(16-19)21-7-5-8-23(15-21)31-3/h4-13,15,19H,14,16H2,1-3H3,(H,27,30)/t19-/m1/s1. The fraction of sp³-hybridized carbons (Fsp3) is 0.231. The number of aryl methyl sites for hydroxylation is 1. The summed E-state index contributed by atoms with van der Waals surface area (Å²) in [5.74, 6) is 1.51. The van der Waals surface area contributed by atoms with E-state index in [1.54, 1.807) is 30.2 Å². The Kier molecular flexibility index (Phi) is 6.12. The van der Waals surface area contributed by atoms with Crippen LogP contribution in [0.4, 0.5) is 11.4 Å². The van der Waals surface area contributed by atoms with Crippen molar-refractivity contribution in [2.24, 2.45) is 5.92 Å². The average molecular weight is 431 g/mol. The van der Waals surface area contributed by atoms with Gasteiger partial charge in [-0.25, -0.2) is 0 Å². The molecule has 3 aromatic rings. The Bertz CT molecular complexity index is 1140. The lowest BCUT2D eigenvalue weighted by atomic mass is 10.1. The number of nitrogens with one attached hydrogen (secondary N) is 1. The molecule has 2 amide bonds. The quantitative estimate of drug-likeness (QED) is 0.591. The van der Waals surface area contributed by atoms with Crippen LogP contribution < -0.4 is 19.7 Å². The first-order valence-electron chi connectivity index (χ1n) is 10.5. The lowest BCUT2D eigenvalue weighted by Crippen LogP contribution is -2.28.